The Hall–Kier alpha value is -2.52. The minimum Gasteiger partial charge on any atom is -0.343 e. The quantitative estimate of drug-likeness (QED) is 0.872. The molecule has 10 heteroatoms. The number of alkyl halides is 3. The third-order valence-corrected chi connectivity index (χ3v) is 2.25. The summed E-state index contributed by atoms with van der Waals surface area (Å²) in [5.74, 6) is -0.716. The molecule has 2 aromatic rings. The number of aryl methyl sites for hydroxylation is 1. The molecule has 0 aliphatic carbocycles. The number of H-pyrrole nitrogens is 1. The van der Waals surface area contributed by atoms with E-state index in [-0.39, 0.29) is 23.8 Å². The molecule has 0 aromatic carbocycles. The molecule has 0 unspecified atom stereocenters. The van der Waals surface area contributed by atoms with E-state index in [1.54, 1.807) is 0 Å². The van der Waals surface area contributed by atoms with Gasteiger partial charge in [0.05, 0.1) is 12.7 Å². The molecule has 0 fully saturated rings. The lowest BCUT2D eigenvalue weighted by Crippen LogP contribution is -2.25. The van der Waals surface area contributed by atoms with Gasteiger partial charge >= 0.3 is 6.18 Å². The lowest BCUT2D eigenvalue weighted by atomic mass is 10.3. The van der Waals surface area contributed by atoms with E-state index in [0.717, 1.165) is 6.07 Å². The molecule has 2 aromatic heterocycles. The second kappa shape index (κ2) is 5.23. The second-order valence-corrected chi connectivity index (χ2v) is 3.85. The monoisotopic (exact) mass is 286 g/mol. The van der Waals surface area contributed by atoms with Crippen LogP contribution in [0.25, 0.3) is 0 Å². The SMILES string of the molecule is Cc1cc(C(F)(F)F)nc(CNC(=O)c2cn[nH]n2)n1. The van der Waals surface area contributed by atoms with Crippen LogP contribution in [0.1, 0.15) is 27.7 Å². The van der Waals surface area contributed by atoms with Crippen molar-refractivity contribution in [1.29, 1.82) is 0 Å². The summed E-state index contributed by atoms with van der Waals surface area (Å²) >= 11 is 0. The van der Waals surface area contributed by atoms with Gasteiger partial charge in [0.15, 0.2) is 5.69 Å². The van der Waals surface area contributed by atoms with Crippen LogP contribution < -0.4 is 5.32 Å². The third-order valence-electron chi connectivity index (χ3n) is 2.25. The van der Waals surface area contributed by atoms with Crippen molar-refractivity contribution in [2.75, 3.05) is 0 Å². The number of rotatable bonds is 3. The van der Waals surface area contributed by atoms with Crippen LogP contribution in [-0.4, -0.2) is 31.3 Å². The molecule has 7 nitrogen and oxygen atoms in total. The van der Waals surface area contributed by atoms with E-state index >= 15 is 0 Å². The number of carbonyl (C=O) groups is 1. The van der Waals surface area contributed by atoms with Gasteiger partial charge in [-0.15, -0.1) is 0 Å². The van der Waals surface area contributed by atoms with Gasteiger partial charge in [-0.1, -0.05) is 0 Å². The Bertz CT molecular complexity index is 610. The first-order valence-electron chi connectivity index (χ1n) is 5.42. The summed E-state index contributed by atoms with van der Waals surface area (Å²) in [6, 6.07) is 0.836. The van der Waals surface area contributed by atoms with E-state index in [0.29, 0.717) is 0 Å². The summed E-state index contributed by atoms with van der Waals surface area (Å²) in [4.78, 5) is 18.7. The number of aromatic amines is 1. The van der Waals surface area contributed by atoms with Gasteiger partial charge in [0.25, 0.3) is 5.91 Å². The number of amides is 1. The fraction of sp³-hybridized carbons (Fsp3) is 0.300. The molecule has 106 valence electrons. The predicted octanol–water partition coefficient (Wildman–Crippen LogP) is 0.852. The molecule has 0 bridgehead atoms. The number of nitrogens with one attached hydrogen (secondary N) is 2. The molecule has 1 amide bonds. The Morgan fingerprint density at radius 2 is 2.15 bits per heavy atom. The number of nitrogens with zero attached hydrogens (tertiary/aromatic N) is 4. The van der Waals surface area contributed by atoms with Gasteiger partial charge in [0, 0.05) is 5.69 Å². The second-order valence-electron chi connectivity index (χ2n) is 3.85. The Balaban J connectivity index is 2.10. The van der Waals surface area contributed by atoms with E-state index in [1.807, 2.05) is 0 Å². The molecule has 2 rings (SSSR count). The lowest BCUT2D eigenvalue weighted by Gasteiger charge is -2.09. The fourth-order valence-electron chi connectivity index (χ4n) is 1.42. The molecule has 0 saturated heterocycles. The predicted molar refractivity (Wildman–Crippen MR) is 59.3 cm³/mol. The van der Waals surface area contributed by atoms with Crippen LogP contribution in [0.5, 0.6) is 0 Å². The van der Waals surface area contributed by atoms with Crippen molar-refractivity contribution in [2.45, 2.75) is 19.6 Å². The van der Waals surface area contributed by atoms with Gasteiger partial charge in [0.2, 0.25) is 0 Å². The van der Waals surface area contributed by atoms with E-state index in [9.17, 15) is 18.0 Å². The van der Waals surface area contributed by atoms with Crippen molar-refractivity contribution in [1.82, 2.24) is 30.7 Å². The molecule has 0 aliphatic heterocycles. The first-order valence-corrected chi connectivity index (χ1v) is 5.42. The zero-order valence-corrected chi connectivity index (χ0v) is 10.2. The summed E-state index contributed by atoms with van der Waals surface area (Å²) < 4.78 is 37.7. The van der Waals surface area contributed by atoms with Crippen LogP contribution in [0, 0.1) is 6.92 Å². The topological polar surface area (TPSA) is 96.5 Å². The summed E-state index contributed by atoms with van der Waals surface area (Å²) in [5, 5.41) is 11.6. The van der Waals surface area contributed by atoms with Crippen molar-refractivity contribution in [2.24, 2.45) is 0 Å². The highest BCUT2D eigenvalue weighted by atomic mass is 19.4. The lowest BCUT2D eigenvalue weighted by molar-refractivity contribution is -0.141. The molecule has 20 heavy (non-hydrogen) atoms. The van der Waals surface area contributed by atoms with Crippen LogP contribution in [-0.2, 0) is 12.7 Å². The van der Waals surface area contributed by atoms with E-state index in [1.165, 1.54) is 13.1 Å². The van der Waals surface area contributed by atoms with Crippen LogP contribution in [0.2, 0.25) is 0 Å². The van der Waals surface area contributed by atoms with E-state index in [4.69, 9.17) is 0 Å². The average molecular weight is 286 g/mol. The minimum atomic E-state index is -4.56. The van der Waals surface area contributed by atoms with Crippen LogP contribution in [0.4, 0.5) is 13.2 Å². The molecule has 0 aliphatic rings. The van der Waals surface area contributed by atoms with Crippen molar-refractivity contribution in [3.05, 3.63) is 35.2 Å². The first kappa shape index (κ1) is 13.9. The zero-order chi connectivity index (χ0) is 14.8. The number of aromatic nitrogens is 5. The average Bonchev–Trinajstić information content (AvgIpc) is 2.88. The third kappa shape index (κ3) is 3.28. The van der Waals surface area contributed by atoms with Crippen molar-refractivity contribution >= 4 is 5.91 Å². The summed E-state index contributed by atoms with van der Waals surface area (Å²) in [7, 11) is 0. The highest BCUT2D eigenvalue weighted by Crippen LogP contribution is 2.27. The van der Waals surface area contributed by atoms with E-state index in [2.05, 4.69) is 30.7 Å². The first-order chi connectivity index (χ1) is 9.36. The largest absolute Gasteiger partial charge is 0.433 e. The molecule has 0 spiro atoms. The minimum absolute atomic E-state index is 0.0219. The van der Waals surface area contributed by atoms with Gasteiger partial charge in [-0.3, -0.25) is 4.79 Å². The Labute approximate surface area is 110 Å². The van der Waals surface area contributed by atoms with Gasteiger partial charge in [-0.25, -0.2) is 9.97 Å². The number of hydrogen-bond acceptors (Lipinski definition) is 5. The van der Waals surface area contributed by atoms with E-state index < -0.39 is 17.8 Å². The summed E-state index contributed by atoms with van der Waals surface area (Å²) in [5.41, 5.74) is -0.859. The fourth-order valence-corrected chi connectivity index (χ4v) is 1.42. The normalized spacial score (nSPS) is 11.4. The number of carbonyl (C=O) groups excluding carboxylic acids is 1. The van der Waals surface area contributed by atoms with Crippen LogP contribution in [0.3, 0.4) is 0 Å². The molecule has 2 N–H and O–H groups in total. The maximum absolute atomic E-state index is 12.6. The highest BCUT2D eigenvalue weighted by molar-refractivity contribution is 5.91. The van der Waals surface area contributed by atoms with Crippen molar-refractivity contribution in [3.63, 3.8) is 0 Å². The highest BCUT2D eigenvalue weighted by Gasteiger charge is 2.33. The maximum Gasteiger partial charge on any atom is 0.433 e. The molecular weight excluding hydrogens is 277 g/mol. The zero-order valence-electron chi connectivity index (χ0n) is 10.2. The number of halogens is 3. The summed E-state index contributed by atoms with van der Waals surface area (Å²) in [6.45, 7) is 1.18. The van der Waals surface area contributed by atoms with Crippen molar-refractivity contribution < 1.29 is 18.0 Å². The molecule has 0 atom stereocenters. The maximum atomic E-state index is 12.6. The number of hydrogen-bond donors (Lipinski definition) is 2. The molecular formula is C10H9F3N6O. The Morgan fingerprint density at radius 1 is 1.40 bits per heavy atom. The van der Waals surface area contributed by atoms with Gasteiger partial charge in [0.1, 0.15) is 11.5 Å². The van der Waals surface area contributed by atoms with Gasteiger partial charge < -0.3 is 5.32 Å². The molecule has 0 radical (unpaired) electrons. The Morgan fingerprint density at radius 3 is 2.75 bits per heavy atom. The van der Waals surface area contributed by atoms with Crippen LogP contribution >= 0.6 is 0 Å². The smallest absolute Gasteiger partial charge is 0.343 e. The Kier molecular flexibility index (Phi) is 3.63. The molecule has 2 heterocycles. The van der Waals surface area contributed by atoms with Crippen molar-refractivity contribution in [3.8, 4) is 0 Å². The van der Waals surface area contributed by atoms with Gasteiger partial charge in [-0.05, 0) is 13.0 Å². The van der Waals surface area contributed by atoms with Crippen LogP contribution in [0.15, 0.2) is 12.3 Å². The van der Waals surface area contributed by atoms with Gasteiger partial charge in [-0.2, -0.15) is 28.6 Å². The molecule has 0 saturated carbocycles. The summed E-state index contributed by atoms with van der Waals surface area (Å²) in [6.07, 6.45) is -3.37. The standard InChI is InChI=1S/C10H9F3N6O/c1-5-2-7(10(11,12)13)17-8(16-5)4-14-9(20)6-3-15-19-18-6/h2-3H,4H2,1H3,(H,14,20)(H,15,18,19).